The second-order valence-electron chi connectivity index (χ2n) is 5.02. The summed E-state index contributed by atoms with van der Waals surface area (Å²) in [6, 6.07) is 13.5. The third-order valence-corrected chi connectivity index (χ3v) is 3.77. The highest BCUT2D eigenvalue weighted by Crippen LogP contribution is 2.30. The molecule has 110 valence electrons. The average Bonchev–Trinajstić information content (AvgIpc) is 2.48. The quantitative estimate of drug-likeness (QED) is 0.611. The Kier molecular flexibility index (Phi) is 5.21. The smallest absolute Gasteiger partial charge is 0.106 e. The van der Waals surface area contributed by atoms with Crippen molar-refractivity contribution in [2.45, 2.75) is 19.9 Å². The lowest BCUT2D eigenvalue weighted by molar-refractivity contribution is 0.755. The Labute approximate surface area is 135 Å². The van der Waals surface area contributed by atoms with Gasteiger partial charge in [-0.05, 0) is 56.3 Å². The minimum Gasteiger partial charge on any atom is -0.372 e. The molecule has 0 amide bonds. The molecule has 0 spiro atoms. The number of azo groups is 1. The van der Waals surface area contributed by atoms with E-state index in [0.717, 1.165) is 11.4 Å². The molecule has 2 rings (SSSR count). The van der Waals surface area contributed by atoms with E-state index < -0.39 is 0 Å². The van der Waals surface area contributed by atoms with E-state index in [1.165, 1.54) is 0 Å². The summed E-state index contributed by atoms with van der Waals surface area (Å²) in [5.74, 6) is 0. The Bertz CT molecular complexity index is 636. The van der Waals surface area contributed by atoms with Crippen molar-refractivity contribution < 1.29 is 0 Å². The number of benzene rings is 2. The summed E-state index contributed by atoms with van der Waals surface area (Å²) in [5.41, 5.74) is 2.48. The van der Waals surface area contributed by atoms with Crippen LogP contribution in [0.25, 0.3) is 0 Å². The van der Waals surface area contributed by atoms with Crippen LogP contribution < -0.4 is 4.90 Å². The summed E-state index contributed by atoms with van der Waals surface area (Å²) < 4.78 is 0. The molecule has 0 fully saturated rings. The van der Waals surface area contributed by atoms with Crippen molar-refractivity contribution in [2.24, 2.45) is 10.2 Å². The van der Waals surface area contributed by atoms with Gasteiger partial charge in [-0.25, -0.2) is 0 Å². The van der Waals surface area contributed by atoms with Gasteiger partial charge in [-0.2, -0.15) is 5.11 Å². The molecular formula is C16H17Cl2N3. The van der Waals surface area contributed by atoms with Crippen molar-refractivity contribution in [3.8, 4) is 0 Å². The number of nitrogens with zero attached hydrogens (tertiary/aromatic N) is 3. The summed E-state index contributed by atoms with van der Waals surface area (Å²) in [7, 11) is 2.06. The fourth-order valence-electron chi connectivity index (χ4n) is 1.73. The Morgan fingerprint density at radius 2 is 1.62 bits per heavy atom. The van der Waals surface area contributed by atoms with Gasteiger partial charge >= 0.3 is 0 Å². The van der Waals surface area contributed by atoms with Crippen molar-refractivity contribution in [3.05, 3.63) is 52.5 Å². The van der Waals surface area contributed by atoms with Crippen LogP contribution in [0, 0.1) is 0 Å². The lowest BCUT2D eigenvalue weighted by Gasteiger charge is -2.23. The van der Waals surface area contributed by atoms with Gasteiger partial charge in [0.05, 0.1) is 10.7 Å². The lowest BCUT2D eigenvalue weighted by Crippen LogP contribution is -2.25. The Morgan fingerprint density at radius 3 is 2.24 bits per heavy atom. The second-order valence-corrected chi connectivity index (χ2v) is 5.86. The largest absolute Gasteiger partial charge is 0.372 e. The van der Waals surface area contributed by atoms with Crippen LogP contribution in [0.2, 0.25) is 10.0 Å². The van der Waals surface area contributed by atoms with Gasteiger partial charge in [0, 0.05) is 23.8 Å². The molecule has 5 heteroatoms. The van der Waals surface area contributed by atoms with Gasteiger partial charge in [-0.1, -0.05) is 23.2 Å². The minimum absolute atomic E-state index is 0.447. The van der Waals surface area contributed by atoms with Crippen LogP contribution in [0.3, 0.4) is 0 Å². The number of anilines is 1. The van der Waals surface area contributed by atoms with Gasteiger partial charge in [0.1, 0.15) is 5.69 Å². The van der Waals surface area contributed by atoms with Crippen LogP contribution in [-0.2, 0) is 0 Å². The zero-order valence-corrected chi connectivity index (χ0v) is 13.7. The van der Waals surface area contributed by atoms with Crippen LogP contribution in [0.15, 0.2) is 52.7 Å². The maximum Gasteiger partial charge on any atom is 0.106 e. The normalized spacial score (nSPS) is 11.3. The fraction of sp³-hybridized carbons (Fsp3) is 0.250. The molecule has 0 radical (unpaired) electrons. The molecule has 0 aliphatic carbocycles. The minimum atomic E-state index is 0.447. The average molecular weight is 322 g/mol. The van der Waals surface area contributed by atoms with Crippen LogP contribution in [0.5, 0.6) is 0 Å². The first-order chi connectivity index (χ1) is 9.97. The van der Waals surface area contributed by atoms with Crippen LogP contribution in [-0.4, -0.2) is 13.1 Å². The van der Waals surface area contributed by atoms with Crippen molar-refractivity contribution >= 4 is 40.3 Å². The Balaban J connectivity index is 2.16. The van der Waals surface area contributed by atoms with Crippen molar-refractivity contribution in [3.63, 3.8) is 0 Å². The molecule has 0 aliphatic rings. The predicted octanol–water partition coefficient (Wildman–Crippen LogP) is 6.25. The van der Waals surface area contributed by atoms with Gasteiger partial charge in [-0.3, -0.25) is 0 Å². The monoisotopic (exact) mass is 321 g/mol. The molecule has 0 saturated carbocycles. The Hall–Kier alpha value is -1.58. The highest BCUT2D eigenvalue weighted by molar-refractivity contribution is 6.35. The van der Waals surface area contributed by atoms with E-state index in [1.54, 1.807) is 18.2 Å². The Morgan fingerprint density at radius 1 is 0.952 bits per heavy atom. The van der Waals surface area contributed by atoms with Crippen LogP contribution >= 0.6 is 23.2 Å². The molecule has 2 aromatic rings. The van der Waals surface area contributed by atoms with Gasteiger partial charge in [0.25, 0.3) is 0 Å². The van der Waals surface area contributed by atoms with Gasteiger partial charge in [0.15, 0.2) is 0 Å². The number of hydrogen-bond donors (Lipinski definition) is 0. The van der Waals surface area contributed by atoms with E-state index in [4.69, 9.17) is 23.2 Å². The molecule has 3 nitrogen and oxygen atoms in total. The molecule has 0 aromatic heterocycles. The molecule has 0 unspecified atom stereocenters. The third-order valence-electron chi connectivity index (χ3n) is 3.21. The summed E-state index contributed by atoms with van der Waals surface area (Å²) in [5, 5.41) is 9.44. The topological polar surface area (TPSA) is 28.0 Å². The van der Waals surface area contributed by atoms with E-state index in [2.05, 4.69) is 36.0 Å². The highest BCUT2D eigenvalue weighted by atomic mass is 35.5. The molecule has 0 bridgehead atoms. The molecule has 0 heterocycles. The van der Waals surface area contributed by atoms with E-state index in [-0.39, 0.29) is 0 Å². The van der Waals surface area contributed by atoms with Crippen molar-refractivity contribution in [2.75, 3.05) is 11.9 Å². The van der Waals surface area contributed by atoms with Crippen LogP contribution in [0.4, 0.5) is 17.1 Å². The van der Waals surface area contributed by atoms with E-state index in [1.807, 2.05) is 24.3 Å². The van der Waals surface area contributed by atoms with Crippen LogP contribution in [0.1, 0.15) is 13.8 Å². The number of hydrogen-bond acceptors (Lipinski definition) is 3. The summed E-state index contributed by atoms with van der Waals surface area (Å²) in [4.78, 5) is 2.19. The molecule has 0 atom stereocenters. The van der Waals surface area contributed by atoms with Crippen molar-refractivity contribution in [1.82, 2.24) is 0 Å². The zero-order valence-electron chi connectivity index (χ0n) is 12.2. The summed E-state index contributed by atoms with van der Waals surface area (Å²) >= 11 is 12.0. The second kappa shape index (κ2) is 6.92. The molecule has 0 N–H and O–H groups in total. The predicted molar refractivity (Wildman–Crippen MR) is 90.6 cm³/mol. The lowest BCUT2D eigenvalue weighted by atomic mass is 10.2. The first kappa shape index (κ1) is 15.8. The summed E-state index contributed by atoms with van der Waals surface area (Å²) in [6.07, 6.45) is 0. The first-order valence-corrected chi connectivity index (χ1v) is 7.42. The fourth-order valence-corrected chi connectivity index (χ4v) is 2.05. The maximum atomic E-state index is 6.05. The number of rotatable bonds is 4. The first-order valence-electron chi connectivity index (χ1n) is 6.67. The SMILES string of the molecule is CC(C)N(C)c1ccc(N=Nc2cc(Cl)ccc2Cl)cc1. The van der Waals surface area contributed by atoms with Gasteiger partial charge in [0.2, 0.25) is 0 Å². The van der Waals surface area contributed by atoms with Gasteiger partial charge in [-0.15, -0.1) is 5.11 Å². The van der Waals surface area contributed by atoms with E-state index in [9.17, 15) is 0 Å². The summed E-state index contributed by atoms with van der Waals surface area (Å²) in [6.45, 7) is 4.30. The molecular weight excluding hydrogens is 305 g/mol. The standard InChI is InChI=1S/C16H17Cl2N3/c1-11(2)21(3)14-7-5-13(6-8-14)19-20-16-10-12(17)4-9-15(16)18/h4-11H,1-3H3. The highest BCUT2D eigenvalue weighted by Gasteiger charge is 2.04. The molecule has 21 heavy (non-hydrogen) atoms. The maximum absolute atomic E-state index is 6.05. The van der Waals surface area contributed by atoms with E-state index in [0.29, 0.717) is 21.8 Å². The number of halogens is 2. The van der Waals surface area contributed by atoms with Crippen molar-refractivity contribution in [1.29, 1.82) is 0 Å². The third kappa shape index (κ3) is 4.19. The molecule has 2 aromatic carbocycles. The zero-order chi connectivity index (χ0) is 15.4. The van der Waals surface area contributed by atoms with E-state index >= 15 is 0 Å². The molecule has 0 saturated heterocycles. The van der Waals surface area contributed by atoms with Gasteiger partial charge < -0.3 is 4.90 Å². The molecule has 0 aliphatic heterocycles.